The Kier molecular flexibility index (Phi) is 8.07. The third kappa shape index (κ3) is 6.25. The minimum Gasteiger partial charge on any atom is -0.489 e. The molecule has 0 radical (unpaired) electrons. The zero-order valence-corrected chi connectivity index (χ0v) is 21.4. The summed E-state index contributed by atoms with van der Waals surface area (Å²) in [6, 6.07) is 15.7. The quantitative estimate of drug-likeness (QED) is 0.228. The molecule has 4 aromatic heterocycles. The van der Waals surface area contributed by atoms with Crippen molar-refractivity contribution < 1.29 is 14.2 Å². The lowest BCUT2D eigenvalue weighted by molar-refractivity contribution is 0.143. The molecule has 0 unspecified atom stereocenters. The minimum atomic E-state index is 0.408. The number of benzene rings is 1. The molecule has 0 spiro atoms. The number of ether oxygens (including phenoxy) is 3. The molecule has 0 aliphatic carbocycles. The number of fused-ring (bicyclic) bond motifs is 1. The molecule has 2 N–H and O–H groups in total. The first-order valence-corrected chi connectivity index (χ1v) is 12.3. The van der Waals surface area contributed by atoms with E-state index in [0.29, 0.717) is 31.6 Å². The van der Waals surface area contributed by atoms with Crippen LogP contribution in [-0.2, 0) is 17.9 Å². The smallest absolute Gasteiger partial charge is 0.247 e. The van der Waals surface area contributed by atoms with Crippen molar-refractivity contribution >= 4 is 17.3 Å². The third-order valence-electron chi connectivity index (χ3n) is 5.75. The van der Waals surface area contributed by atoms with Crippen molar-refractivity contribution in [3.63, 3.8) is 0 Å². The Morgan fingerprint density at radius 3 is 2.66 bits per heavy atom. The van der Waals surface area contributed by atoms with Gasteiger partial charge in [0.05, 0.1) is 25.0 Å². The molecular formula is C27H30N8O3. The van der Waals surface area contributed by atoms with Crippen LogP contribution in [0.5, 0.6) is 11.6 Å². The Labute approximate surface area is 220 Å². The molecule has 0 aliphatic heterocycles. The van der Waals surface area contributed by atoms with Crippen LogP contribution in [0.4, 0.5) is 11.6 Å². The number of nitrogens with zero attached hydrogens (tertiary/aromatic N) is 6. The molecule has 0 bridgehead atoms. The van der Waals surface area contributed by atoms with Crippen LogP contribution >= 0.6 is 0 Å². The Balaban J connectivity index is 1.23. The van der Waals surface area contributed by atoms with Crippen molar-refractivity contribution in [1.82, 2.24) is 34.7 Å². The standard InChI is InChI=1S/C27H30N8O3/c1-28-11-13-34-18-22(17-30-34)31-27-32-26-24(4-3-12-35(26)33-27)21-6-8-23(9-7-21)38-19-20-5-10-25(29-16-20)37-15-14-36-2/h3-10,12,16-18,28H,11,13-15,19H2,1-2H3,(H,31,33). The van der Waals surface area contributed by atoms with Gasteiger partial charge in [0.25, 0.3) is 0 Å². The van der Waals surface area contributed by atoms with E-state index in [1.165, 1.54) is 0 Å². The molecule has 0 atom stereocenters. The van der Waals surface area contributed by atoms with E-state index in [0.717, 1.165) is 46.9 Å². The molecule has 5 rings (SSSR count). The molecule has 0 aliphatic rings. The topological polar surface area (TPSA) is 113 Å². The summed E-state index contributed by atoms with van der Waals surface area (Å²) in [7, 11) is 3.56. The van der Waals surface area contributed by atoms with Gasteiger partial charge in [-0.25, -0.2) is 9.50 Å². The molecule has 0 fully saturated rings. The SMILES string of the molecule is CNCCn1cc(Nc2nc3c(-c4ccc(OCc5ccc(OCCOC)nc5)cc4)cccn3n2)cn1. The predicted octanol–water partition coefficient (Wildman–Crippen LogP) is 3.56. The molecule has 38 heavy (non-hydrogen) atoms. The minimum absolute atomic E-state index is 0.408. The normalized spacial score (nSPS) is 11.1. The molecule has 196 valence electrons. The summed E-state index contributed by atoms with van der Waals surface area (Å²) in [5.41, 5.74) is 4.53. The van der Waals surface area contributed by atoms with Crippen LogP contribution in [0.1, 0.15) is 5.56 Å². The van der Waals surface area contributed by atoms with Gasteiger partial charge in [-0.05, 0) is 42.9 Å². The van der Waals surface area contributed by atoms with E-state index < -0.39 is 0 Å². The lowest BCUT2D eigenvalue weighted by Gasteiger charge is -2.09. The average Bonchev–Trinajstić information content (AvgIpc) is 3.58. The highest BCUT2D eigenvalue weighted by molar-refractivity contribution is 5.78. The largest absolute Gasteiger partial charge is 0.489 e. The highest BCUT2D eigenvalue weighted by Crippen LogP contribution is 2.27. The van der Waals surface area contributed by atoms with E-state index in [-0.39, 0.29) is 0 Å². The number of pyridine rings is 2. The van der Waals surface area contributed by atoms with E-state index in [1.807, 2.05) is 72.7 Å². The van der Waals surface area contributed by atoms with E-state index >= 15 is 0 Å². The van der Waals surface area contributed by atoms with Crippen molar-refractivity contribution in [3.05, 3.63) is 78.9 Å². The molecule has 5 aromatic rings. The van der Waals surface area contributed by atoms with Gasteiger partial charge in [0.1, 0.15) is 19.0 Å². The van der Waals surface area contributed by atoms with Gasteiger partial charge in [-0.15, -0.1) is 5.10 Å². The maximum atomic E-state index is 5.95. The molecule has 11 nitrogen and oxygen atoms in total. The van der Waals surface area contributed by atoms with E-state index in [1.54, 1.807) is 24.0 Å². The molecular weight excluding hydrogens is 484 g/mol. The second kappa shape index (κ2) is 12.2. The molecule has 4 heterocycles. The van der Waals surface area contributed by atoms with Crippen molar-refractivity contribution in [2.45, 2.75) is 13.2 Å². The molecule has 0 saturated carbocycles. The zero-order chi connectivity index (χ0) is 26.2. The first-order chi connectivity index (χ1) is 18.7. The van der Waals surface area contributed by atoms with E-state index in [4.69, 9.17) is 19.2 Å². The summed E-state index contributed by atoms with van der Waals surface area (Å²) < 4.78 is 20.1. The summed E-state index contributed by atoms with van der Waals surface area (Å²) >= 11 is 0. The summed E-state index contributed by atoms with van der Waals surface area (Å²) in [6.45, 7) is 3.03. The molecule has 1 aromatic carbocycles. The lowest BCUT2D eigenvalue weighted by Crippen LogP contribution is -2.14. The van der Waals surface area contributed by atoms with Crippen molar-refractivity contribution in [3.8, 4) is 22.8 Å². The van der Waals surface area contributed by atoms with Crippen LogP contribution in [0.25, 0.3) is 16.8 Å². The second-order valence-electron chi connectivity index (χ2n) is 8.51. The van der Waals surface area contributed by atoms with Gasteiger partial charge in [-0.2, -0.15) is 10.1 Å². The van der Waals surface area contributed by atoms with Gasteiger partial charge in [0.2, 0.25) is 11.8 Å². The van der Waals surface area contributed by atoms with Crippen LogP contribution in [0, 0.1) is 0 Å². The highest BCUT2D eigenvalue weighted by atomic mass is 16.5. The Morgan fingerprint density at radius 1 is 0.974 bits per heavy atom. The molecule has 0 saturated heterocycles. The first kappa shape index (κ1) is 25.2. The number of anilines is 2. The van der Waals surface area contributed by atoms with Crippen LogP contribution in [-0.4, -0.2) is 63.3 Å². The van der Waals surface area contributed by atoms with Crippen molar-refractivity contribution in [1.29, 1.82) is 0 Å². The lowest BCUT2D eigenvalue weighted by atomic mass is 10.1. The maximum Gasteiger partial charge on any atom is 0.247 e. The number of rotatable bonds is 13. The Morgan fingerprint density at radius 2 is 1.87 bits per heavy atom. The fourth-order valence-corrected chi connectivity index (χ4v) is 3.80. The van der Waals surface area contributed by atoms with E-state index in [9.17, 15) is 0 Å². The van der Waals surface area contributed by atoms with Gasteiger partial charge >= 0.3 is 0 Å². The predicted molar refractivity (Wildman–Crippen MR) is 144 cm³/mol. The van der Waals surface area contributed by atoms with Crippen LogP contribution in [0.15, 0.2) is 73.3 Å². The first-order valence-electron chi connectivity index (χ1n) is 12.3. The van der Waals surface area contributed by atoms with Gasteiger partial charge < -0.3 is 24.8 Å². The molecule has 11 heteroatoms. The van der Waals surface area contributed by atoms with Crippen LogP contribution < -0.4 is 20.1 Å². The monoisotopic (exact) mass is 514 g/mol. The maximum absolute atomic E-state index is 5.95. The summed E-state index contributed by atoms with van der Waals surface area (Å²) in [5.74, 6) is 1.84. The van der Waals surface area contributed by atoms with Crippen LogP contribution in [0.3, 0.4) is 0 Å². The van der Waals surface area contributed by atoms with Gasteiger partial charge in [-0.1, -0.05) is 12.1 Å². The Bertz CT molecular complexity index is 1450. The fourth-order valence-electron chi connectivity index (χ4n) is 3.80. The van der Waals surface area contributed by atoms with Gasteiger partial charge in [0.15, 0.2) is 5.65 Å². The zero-order valence-electron chi connectivity index (χ0n) is 21.4. The average molecular weight is 515 g/mol. The van der Waals surface area contributed by atoms with Crippen molar-refractivity contribution in [2.75, 3.05) is 39.2 Å². The number of hydrogen-bond donors (Lipinski definition) is 2. The summed E-state index contributed by atoms with van der Waals surface area (Å²) in [4.78, 5) is 9.02. The number of likely N-dealkylation sites (N-methyl/N-ethyl adjacent to an activating group) is 1. The van der Waals surface area contributed by atoms with E-state index in [2.05, 4.69) is 25.8 Å². The number of aromatic nitrogens is 6. The fraction of sp³-hybridized carbons (Fsp3) is 0.259. The third-order valence-corrected chi connectivity index (χ3v) is 5.75. The molecule has 0 amide bonds. The summed E-state index contributed by atoms with van der Waals surface area (Å²) in [5, 5.41) is 15.3. The number of methoxy groups -OCH3 is 1. The Hall–Kier alpha value is -4.48. The highest BCUT2D eigenvalue weighted by Gasteiger charge is 2.11. The summed E-state index contributed by atoms with van der Waals surface area (Å²) in [6.07, 6.45) is 7.33. The van der Waals surface area contributed by atoms with Gasteiger partial charge in [-0.3, -0.25) is 4.68 Å². The van der Waals surface area contributed by atoms with Crippen molar-refractivity contribution in [2.24, 2.45) is 0 Å². The second-order valence-corrected chi connectivity index (χ2v) is 8.51. The van der Waals surface area contributed by atoms with Gasteiger partial charge in [0, 0.05) is 49.4 Å². The number of hydrogen-bond acceptors (Lipinski definition) is 9. The number of nitrogens with one attached hydrogen (secondary N) is 2. The van der Waals surface area contributed by atoms with Crippen LogP contribution in [0.2, 0.25) is 0 Å².